The minimum atomic E-state index is -3.76. The van der Waals surface area contributed by atoms with E-state index in [0.717, 1.165) is 0 Å². The quantitative estimate of drug-likeness (QED) is 0.741. The highest BCUT2D eigenvalue weighted by Crippen LogP contribution is 2.20. The minimum Gasteiger partial charge on any atom is -0.383 e. The maximum Gasteiger partial charge on any atom is 0.238 e. The Morgan fingerprint density at radius 2 is 2.04 bits per heavy atom. The van der Waals surface area contributed by atoms with Gasteiger partial charge in [0.15, 0.2) is 0 Å². The van der Waals surface area contributed by atoms with Crippen molar-refractivity contribution in [3.05, 3.63) is 24.3 Å². The van der Waals surface area contributed by atoms with Crippen molar-refractivity contribution in [3.8, 4) is 0 Å². The van der Waals surface area contributed by atoms with Crippen molar-refractivity contribution in [1.82, 2.24) is 4.90 Å². The van der Waals surface area contributed by atoms with Crippen molar-refractivity contribution in [1.29, 1.82) is 0 Å². The van der Waals surface area contributed by atoms with Crippen molar-refractivity contribution in [2.45, 2.75) is 11.3 Å². The molecule has 0 aromatic heterocycles. The number of sulfonamides is 1. The number of nitrogens with one attached hydrogen (secondary N) is 1. The molecule has 1 aromatic rings. The molecule has 0 saturated carbocycles. The number of ether oxygens (including phenoxy) is 1. The van der Waals surface area contributed by atoms with E-state index in [1.807, 2.05) is 0 Å². The summed E-state index contributed by atoms with van der Waals surface area (Å²) in [6, 6.07) is 5.54. The first-order chi connectivity index (χ1) is 10.8. The van der Waals surface area contributed by atoms with Gasteiger partial charge < -0.3 is 15.0 Å². The molecule has 126 valence electrons. The molecule has 1 atom stereocenters. The maximum absolute atomic E-state index is 12.2. The zero-order chi connectivity index (χ0) is 17.0. The third kappa shape index (κ3) is 4.50. The van der Waals surface area contributed by atoms with Gasteiger partial charge in [-0.1, -0.05) is 0 Å². The normalized spacial score (nSPS) is 18.3. The summed E-state index contributed by atoms with van der Waals surface area (Å²) in [5.74, 6) is -0.786. The number of likely N-dealkylation sites (tertiary alicyclic amines) is 1. The topological polar surface area (TPSA) is 119 Å². The Hall–Kier alpha value is -1.97. The highest BCUT2D eigenvalue weighted by molar-refractivity contribution is 7.89. The van der Waals surface area contributed by atoms with E-state index < -0.39 is 15.9 Å². The molecule has 0 bridgehead atoms. The average Bonchev–Trinajstić information content (AvgIpc) is 2.86. The van der Waals surface area contributed by atoms with Crippen molar-refractivity contribution >= 4 is 27.5 Å². The second kappa shape index (κ2) is 7.07. The number of methoxy groups -OCH3 is 1. The van der Waals surface area contributed by atoms with Gasteiger partial charge in [0.05, 0.1) is 17.4 Å². The predicted octanol–water partition coefficient (Wildman–Crippen LogP) is -0.233. The number of amides is 2. The lowest BCUT2D eigenvalue weighted by Gasteiger charge is -2.15. The molecule has 1 aliphatic heterocycles. The van der Waals surface area contributed by atoms with Gasteiger partial charge in [-0.25, -0.2) is 13.6 Å². The fraction of sp³-hybridized carbons (Fsp3) is 0.429. The zero-order valence-corrected chi connectivity index (χ0v) is 13.5. The number of carbonyl (C=O) groups is 2. The Bertz CT molecular complexity index is 687. The molecule has 1 unspecified atom stereocenters. The number of rotatable bonds is 6. The molecule has 1 fully saturated rings. The molecule has 9 heteroatoms. The Kier molecular flexibility index (Phi) is 5.34. The lowest BCUT2D eigenvalue weighted by Crippen LogP contribution is -2.30. The lowest BCUT2D eigenvalue weighted by atomic mass is 10.1. The first kappa shape index (κ1) is 17.4. The standard InChI is InChI=1S/C14H19N3O5S/c1-22-7-6-17-9-10(8-13(17)18)14(19)16-11-2-4-12(5-3-11)23(15,20)21/h2-5,10H,6-9H2,1H3,(H,16,19)(H2,15,20,21). The van der Waals surface area contributed by atoms with Crippen molar-refractivity contribution in [2.75, 3.05) is 32.1 Å². The van der Waals surface area contributed by atoms with Gasteiger partial charge in [0, 0.05) is 32.3 Å². The molecule has 2 amide bonds. The first-order valence-corrected chi connectivity index (χ1v) is 8.56. The van der Waals surface area contributed by atoms with E-state index in [-0.39, 0.29) is 23.1 Å². The average molecular weight is 341 g/mol. The highest BCUT2D eigenvalue weighted by Gasteiger charge is 2.33. The molecule has 23 heavy (non-hydrogen) atoms. The molecule has 0 aliphatic carbocycles. The van der Waals surface area contributed by atoms with E-state index in [4.69, 9.17) is 9.88 Å². The summed E-state index contributed by atoms with van der Waals surface area (Å²) in [5, 5.41) is 7.68. The summed E-state index contributed by atoms with van der Waals surface area (Å²) in [4.78, 5) is 25.6. The predicted molar refractivity (Wildman–Crippen MR) is 83.0 cm³/mol. The third-order valence-corrected chi connectivity index (χ3v) is 4.53. The maximum atomic E-state index is 12.2. The monoisotopic (exact) mass is 341 g/mol. The lowest BCUT2D eigenvalue weighted by molar-refractivity contribution is -0.128. The van der Waals surface area contributed by atoms with Crippen LogP contribution in [0.2, 0.25) is 0 Å². The number of primary sulfonamides is 1. The SMILES string of the molecule is COCCN1CC(C(=O)Nc2ccc(S(N)(=O)=O)cc2)CC1=O. The fourth-order valence-electron chi connectivity index (χ4n) is 2.34. The van der Waals surface area contributed by atoms with Gasteiger partial charge in [-0.15, -0.1) is 0 Å². The van der Waals surface area contributed by atoms with E-state index in [0.29, 0.717) is 25.4 Å². The number of hydrogen-bond donors (Lipinski definition) is 2. The van der Waals surface area contributed by atoms with Crippen LogP contribution in [0.25, 0.3) is 0 Å². The zero-order valence-electron chi connectivity index (χ0n) is 12.7. The van der Waals surface area contributed by atoms with E-state index in [1.165, 1.54) is 24.3 Å². The summed E-state index contributed by atoms with van der Waals surface area (Å²) in [6.45, 7) is 1.24. The van der Waals surface area contributed by atoms with Crippen molar-refractivity contribution in [3.63, 3.8) is 0 Å². The molecule has 2 rings (SSSR count). The summed E-state index contributed by atoms with van der Waals surface area (Å²) in [7, 11) is -2.21. The summed E-state index contributed by atoms with van der Waals surface area (Å²) >= 11 is 0. The highest BCUT2D eigenvalue weighted by atomic mass is 32.2. The minimum absolute atomic E-state index is 0.0303. The Morgan fingerprint density at radius 1 is 1.39 bits per heavy atom. The van der Waals surface area contributed by atoms with Crippen LogP contribution >= 0.6 is 0 Å². The molecule has 1 aliphatic rings. The molecule has 1 saturated heterocycles. The summed E-state index contributed by atoms with van der Waals surface area (Å²) < 4.78 is 27.3. The van der Waals surface area contributed by atoms with Crippen LogP contribution in [0.3, 0.4) is 0 Å². The summed E-state index contributed by atoms with van der Waals surface area (Å²) in [6.07, 6.45) is 0.158. The number of nitrogens with zero attached hydrogens (tertiary/aromatic N) is 1. The van der Waals surface area contributed by atoms with Gasteiger partial charge in [0.25, 0.3) is 0 Å². The van der Waals surface area contributed by atoms with Gasteiger partial charge in [-0.05, 0) is 24.3 Å². The van der Waals surface area contributed by atoms with E-state index >= 15 is 0 Å². The fourth-order valence-corrected chi connectivity index (χ4v) is 2.85. The van der Waals surface area contributed by atoms with Crippen LogP contribution < -0.4 is 10.5 Å². The van der Waals surface area contributed by atoms with Gasteiger partial charge in [-0.2, -0.15) is 0 Å². The largest absolute Gasteiger partial charge is 0.383 e. The van der Waals surface area contributed by atoms with Crippen LogP contribution in [0.15, 0.2) is 29.2 Å². The van der Waals surface area contributed by atoms with Gasteiger partial charge in [-0.3, -0.25) is 9.59 Å². The smallest absolute Gasteiger partial charge is 0.238 e. The van der Waals surface area contributed by atoms with Gasteiger partial charge >= 0.3 is 0 Å². The number of benzene rings is 1. The van der Waals surface area contributed by atoms with E-state index in [1.54, 1.807) is 12.0 Å². The van der Waals surface area contributed by atoms with E-state index in [9.17, 15) is 18.0 Å². The third-order valence-electron chi connectivity index (χ3n) is 3.60. The Balaban J connectivity index is 1.96. The van der Waals surface area contributed by atoms with Crippen LogP contribution in [0.1, 0.15) is 6.42 Å². The van der Waals surface area contributed by atoms with Crippen LogP contribution in [0, 0.1) is 5.92 Å². The number of anilines is 1. The summed E-state index contributed by atoms with van der Waals surface area (Å²) in [5.41, 5.74) is 0.449. The molecular weight excluding hydrogens is 322 g/mol. The number of nitrogens with two attached hydrogens (primary N) is 1. The molecule has 3 N–H and O–H groups in total. The van der Waals surface area contributed by atoms with E-state index in [2.05, 4.69) is 5.32 Å². The second-order valence-electron chi connectivity index (χ2n) is 5.29. The molecular formula is C14H19N3O5S. The van der Waals surface area contributed by atoms with Gasteiger partial charge in [0.1, 0.15) is 0 Å². The molecule has 8 nitrogen and oxygen atoms in total. The van der Waals surface area contributed by atoms with Crippen LogP contribution in [0.4, 0.5) is 5.69 Å². The molecule has 0 spiro atoms. The molecule has 1 aromatic carbocycles. The van der Waals surface area contributed by atoms with Crippen molar-refractivity contribution in [2.24, 2.45) is 11.1 Å². The second-order valence-corrected chi connectivity index (χ2v) is 6.85. The van der Waals surface area contributed by atoms with Gasteiger partial charge in [0.2, 0.25) is 21.8 Å². The van der Waals surface area contributed by atoms with Crippen LogP contribution in [-0.4, -0.2) is 51.9 Å². The Morgan fingerprint density at radius 3 is 2.61 bits per heavy atom. The number of hydrogen-bond acceptors (Lipinski definition) is 5. The molecule has 0 radical (unpaired) electrons. The van der Waals surface area contributed by atoms with Crippen molar-refractivity contribution < 1.29 is 22.7 Å². The molecule has 1 heterocycles. The van der Waals surface area contributed by atoms with Crippen LogP contribution in [0.5, 0.6) is 0 Å². The number of carbonyl (C=O) groups excluding carboxylic acids is 2. The van der Waals surface area contributed by atoms with Crippen LogP contribution in [-0.2, 0) is 24.3 Å². The Labute approximate surface area is 134 Å². The first-order valence-electron chi connectivity index (χ1n) is 7.01.